The Labute approximate surface area is 97.0 Å². The molecule has 16 heavy (non-hydrogen) atoms. The second-order valence-electron chi connectivity index (χ2n) is 4.59. The number of methoxy groups -OCH3 is 1. The smallest absolute Gasteiger partial charge is 0.0772 e. The van der Waals surface area contributed by atoms with Crippen molar-refractivity contribution in [2.24, 2.45) is 0 Å². The molecule has 0 amide bonds. The van der Waals surface area contributed by atoms with E-state index in [4.69, 9.17) is 10.5 Å². The minimum Gasteiger partial charge on any atom is -0.399 e. The lowest BCUT2D eigenvalue weighted by Gasteiger charge is -2.21. The lowest BCUT2D eigenvalue weighted by molar-refractivity contribution is 0.101. The Balaban J connectivity index is 2.08. The molecule has 2 rings (SSSR count). The molecule has 0 bridgehead atoms. The van der Waals surface area contributed by atoms with E-state index < -0.39 is 0 Å². The lowest BCUT2D eigenvalue weighted by atomic mass is 10.1. The number of aryl methyl sites for hydroxylation is 1. The van der Waals surface area contributed by atoms with Crippen molar-refractivity contribution in [3.63, 3.8) is 0 Å². The standard InChI is InChI=1S/C13H20N2O/c1-9-6-10(14)8-11(7-9)15-12-4-3-5-13(12)16-2/h6-8,12-13,15H,3-5,14H2,1-2H3. The summed E-state index contributed by atoms with van der Waals surface area (Å²) >= 11 is 0. The van der Waals surface area contributed by atoms with E-state index in [0.717, 1.165) is 17.8 Å². The average Bonchev–Trinajstić information content (AvgIpc) is 2.63. The zero-order valence-electron chi connectivity index (χ0n) is 9.99. The Morgan fingerprint density at radius 1 is 1.31 bits per heavy atom. The summed E-state index contributed by atoms with van der Waals surface area (Å²) in [4.78, 5) is 0. The van der Waals surface area contributed by atoms with Crippen LogP contribution in [0.2, 0.25) is 0 Å². The zero-order valence-corrected chi connectivity index (χ0v) is 9.99. The van der Waals surface area contributed by atoms with Crippen molar-refractivity contribution in [3.05, 3.63) is 23.8 Å². The molecule has 0 radical (unpaired) electrons. The molecule has 0 heterocycles. The first-order chi connectivity index (χ1) is 7.69. The predicted octanol–water partition coefficient (Wildman–Crippen LogP) is 2.56. The molecule has 2 atom stereocenters. The number of nitrogens with one attached hydrogen (secondary N) is 1. The van der Waals surface area contributed by atoms with Gasteiger partial charge in [0.2, 0.25) is 0 Å². The second-order valence-corrected chi connectivity index (χ2v) is 4.59. The van der Waals surface area contributed by atoms with Crippen LogP contribution in [0.25, 0.3) is 0 Å². The summed E-state index contributed by atoms with van der Waals surface area (Å²) in [5.41, 5.74) is 8.94. The van der Waals surface area contributed by atoms with E-state index in [9.17, 15) is 0 Å². The molecule has 1 aromatic rings. The van der Waals surface area contributed by atoms with Crippen molar-refractivity contribution in [3.8, 4) is 0 Å². The van der Waals surface area contributed by atoms with Crippen LogP contribution in [-0.2, 0) is 4.74 Å². The summed E-state index contributed by atoms with van der Waals surface area (Å²) in [5, 5.41) is 3.52. The van der Waals surface area contributed by atoms with Crippen LogP contribution in [0.5, 0.6) is 0 Å². The number of ether oxygens (including phenoxy) is 1. The fourth-order valence-electron chi connectivity index (χ4n) is 2.48. The molecule has 1 saturated carbocycles. The Kier molecular flexibility index (Phi) is 3.34. The SMILES string of the molecule is COC1CCCC1Nc1cc(C)cc(N)c1. The van der Waals surface area contributed by atoms with Crippen molar-refractivity contribution in [1.29, 1.82) is 0 Å². The Bertz CT molecular complexity index is 345. The number of hydrogen-bond donors (Lipinski definition) is 2. The van der Waals surface area contributed by atoms with Crippen molar-refractivity contribution in [2.75, 3.05) is 18.2 Å². The molecule has 0 aromatic heterocycles. The molecule has 1 aliphatic rings. The van der Waals surface area contributed by atoms with Gasteiger partial charge in [0.05, 0.1) is 12.1 Å². The first-order valence-electron chi connectivity index (χ1n) is 5.85. The van der Waals surface area contributed by atoms with Crippen molar-refractivity contribution in [1.82, 2.24) is 0 Å². The molecule has 0 spiro atoms. The van der Waals surface area contributed by atoms with E-state index >= 15 is 0 Å². The third kappa shape index (κ3) is 2.47. The van der Waals surface area contributed by atoms with Crippen molar-refractivity contribution < 1.29 is 4.74 Å². The summed E-state index contributed by atoms with van der Waals surface area (Å²) < 4.78 is 5.46. The Morgan fingerprint density at radius 3 is 2.81 bits per heavy atom. The van der Waals surface area contributed by atoms with Crippen LogP contribution in [0.1, 0.15) is 24.8 Å². The van der Waals surface area contributed by atoms with Gasteiger partial charge >= 0.3 is 0 Å². The van der Waals surface area contributed by atoms with E-state index in [0.29, 0.717) is 12.1 Å². The molecule has 1 aromatic carbocycles. The van der Waals surface area contributed by atoms with Gasteiger partial charge in [0.25, 0.3) is 0 Å². The summed E-state index contributed by atoms with van der Waals surface area (Å²) in [6.45, 7) is 2.06. The summed E-state index contributed by atoms with van der Waals surface area (Å²) in [7, 11) is 1.79. The normalized spacial score (nSPS) is 24.6. The summed E-state index contributed by atoms with van der Waals surface area (Å²) in [5.74, 6) is 0. The van der Waals surface area contributed by atoms with Crippen LogP contribution in [0.3, 0.4) is 0 Å². The Morgan fingerprint density at radius 2 is 2.12 bits per heavy atom. The van der Waals surface area contributed by atoms with Gasteiger partial charge in [0.15, 0.2) is 0 Å². The highest BCUT2D eigenvalue weighted by Crippen LogP contribution is 2.26. The molecule has 1 fully saturated rings. The van der Waals surface area contributed by atoms with E-state index in [1.165, 1.54) is 18.4 Å². The highest BCUT2D eigenvalue weighted by molar-refractivity contribution is 5.57. The third-order valence-corrected chi connectivity index (χ3v) is 3.21. The molecule has 3 N–H and O–H groups in total. The first kappa shape index (κ1) is 11.3. The van der Waals surface area contributed by atoms with Gasteiger partial charge in [-0.15, -0.1) is 0 Å². The second kappa shape index (κ2) is 4.74. The van der Waals surface area contributed by atoms with Gasteiger partial charge in [-0.3, -0.25) is 0 Å². The van der Waals surface area contributed by atoms with Gasteiger partial charge in [-0.25, -0.2) is 0 Å². The van der Waals surface area contributed by atoms with Crippen LogP contribution in [0.4, 0.5) is 11.4 Å². The average molecular weight is 220 g/mol. The van der Waals surface area contributed by atoms with Gasteiger partial charge in [0, 0.05) is 18.5 Å². The number of benzene rings is 1. The molecule has 1 aliphatic carbocycles. The molecular formula is C13H20N2O. The molecule has 2 unspecified atom stereocenters. The van der Waals surface area contributed by atoms with E-state index in [-0.39, 0.29) is 0 Å². The van der Waals surface area contributed by atoms with Crippen LogP contribution in [0, 0.1) is 6.92 Å². The third-order valence-electron chi connectivity index (χ3n) is 3.21. The monoisotopic (exact) mass is 220 g/mol. The van der Waals surface area contributed by atoms with Crippen LogP contribution in [-0.4, -0.2) is 19.3 Å². The van der Waals surface area contributed by atoms with Gasteiger partial charge in [-0.05, 0) is 49.9 Å². The predicted molar refractivity (Wildman–Crippen MR) is 67.7 cm³/mol. The molecule has 88 valence electrons. The topological polar surface area (TPSA) is 47.3 Å². The maximum Gasteiger partial charge on any atom is 0.0772 e. The number of nitrogens with two attached hydrogens (primary N) is 1. The van der Waals surface area contributed by atoms with Crippen LogP contribution < -0.4 is 11.1 Å². The van der Waals surface area contributed by atoms with E-state index in [2.05, 4.69) is 18.3 Å². The quantitative estimate of drug-likeness (QED) is 0.770. The highest BCUT2D eigenvalue weighted by Gasteiger charge is 2.26. The zero-order chi connectivity index (χ0) is 11.5. The van der Waals surface area contributed by atoms with Gasteiger partial charge in [-0.2, -0.15) is 0 Å². The Hall–Kier alpha value is -1.22. The molecule has 3 nitrogen and oxygen atoms in total. The minimum absolute atomic E-state index is 0.335. The highest BCUT2D eigenvalue weighted by atomic mass is 16.5. The van der Waals surface area contributed by atoms with E-state index in [1.807, 2.05) is 12.1 Å². The lowest BCUT2D eigenvalue weighted by Crippen LogP contribution is -2.29. The van der Waals surface area contributed by atoms with Crippen LogP contribution in [0.15, 0.2) is 18.2 Å². The maximum absolute atomic E-state index is 5.83. The fourth-order valence-corrected chi connectivity index (χ4v) is 2.48. The largest absolute Gasteiger partial charge is 0.399 e. The number of rotatable bonds is 3. The minimum atomic E-state index is 0.335. The summed E-state index contributed by atoms with van der Waals surface area (Å²) in [6.07, 6.45) is 3.89. The summed E-state index contributed by atoms with van der Waals surface area (Å²) in [6, 6.07) is 6.51. The number of anilines is 2. The number of hydrogen-bond acceptors (Lipinski definition) is 3. The van der Waals surface area contributed by atoms with Crippen molar-refractivity contribution in [2.45, 2.75) is 38.3 Å². The molecule has 0 saturated heterocycles. The number of nitrogen functional groups attached to an aromatic ring is 1. The van der Waals surface area contributed by atoms with Crippen LogP contribution >= 0.6 is 0 Å². The molecule has 3 heteroatoms. The fraction of sp³-hybridized carbons (Fsp3) is 0.538. The maximum atomic E-state index is 5.83. The van der Waals surface area contributed by atoms with Gasteiger partial charge < -0.3 is 15.8 Å². The van der Waals surface area contributed by atoms with Gasteiger partial charge in [0.1, 0.15) is 0 Å². The first-order valence-corrected chi connectivity index (χ1v) is 5.85. The molecule has 0 aliphatic heterocycles. The molecular weight excluding hydrogens is 200 g/mol. The van der Waals surface area contributed by atoms with Gasteiger partial charge in [-0.1, -0.05) is 0 Å². The van der Waals surface area contributed by atoms with E-state index in [1.54, 1.807) is 7.11 Å². The van der Waals surface area contributed by atoms with Crippen molar-refractivity contribution >= 4 is 11.4 Å².